The number of esters is 4. The van der Waals surface area contributed by atoms with E-state index in [-0.39, 0.29) is 88.6 Å². The Morgan fingerprint density at radius 2 is 1.13 bits per heavy atom. The molecule has 0 aromatic carbocycles. The van der Waals surface area contributed by atoms with Crippen LogP contribution in [0, 0.1) is 40.9 Å². The van der Waals surface area contributed by atoms with Gasteiger partial charge in [0.1, 0.15) is 11.2 Å². The van der Waals surface area contributed by atoms with Crippen LogP contribution in [0.25, 0.3) is 0 Å². The van der Waals surface area contributed by atoms with E-state index < -0.39 is 76.1 Å². The minimum absolute atomic E-state index is 0. The van der Waals surface area contributed by atoms with Crippen LogP contribution < -0.4 is 0 Å². The molecule has 0 aromatic heterocycles. The molecule has 2 aliphatic heterocycles. The number of hydrogen-bond donors (Lipinski definition) is 2. The molecule has 8 saturated carbocycles. The predicted octanol–water partition coefficient (Wildman–Crippen LogP) is 9.63. The van der Waals surface area contributed by atoms with Crippen LogP contribution in [0.4, 0.5) is 0 Å². The predicted molar refractivity (Wildman–Crippen MR) is 231 cm³/mol. The molecular weight excluding hydrogens is 769 g/mol. The van der Waals surface area contributed by atoms with Gasteiger partial charge in [0.2, 0.25) is 12.6 Å². The van der Waals surface area contributed by atoms with Gasteiger partial charge in [0.05, 0.1) is 47.6 Å². The van der Waals surface area contributed by atoms with E-state index >= 15 is 0 Å². The monoisotopic (exact) mass is 855 g/mol. The fourth-order valence-corrected chi connectivity index (χ4v) is 13.2. The van der Waals surface area contributed by atoms with Crippen LogP contribution in [0.3, 0.4) is 0 Å². The summed E-state index contributed by atoms with van der Waals surface area (Å²) in [7, 11) is 0. The average Bonchev–Trinajstić information content (AvgIpc) is 3.08. The van der Waals surface area contributed by atoms with Crippen molar-refractivity contribution in [3.63, 3.8) is 0 Å². The van der Waals surface area contributed by atoms with Crippen LogP contribution in [0.5, 0.6) is 0 Å². The van der Waals surface area contributed by atoms with E-state index in [0.717, 1.165) is 57.8 Å². The van der Waals surface area contributed by atoms with Crippen molar-refractivity contribution >= 4 is 23.9 Å². The topological polar surface area (TPSA) is 164 Å². The first-order valence-corrected chi connectivity index (χ1v) is 21.2. The van der Waals surface area contributed by atoms with Crippen molar-refractivity contribution in [3.05, 3.63) is 0 Å². The summed E-state index contributed by atoms with van der Waals surface area (Å²) in [5.74, 6) is -3.22. The fraction of sp³-hybridized carbons (Fsp3) is 0.917. The quantitative estimate of drug-likeness (QED) is 0.133. The molecule has 2 saturated heterocycles. The van der Waals surface area contributed by atoms with E-state index in [0.29, 0.717) is 70.0 Å². The maximum Gasteiger partial charge on any atom is 0.314 e. The highest BCUT2D eigenvalue weighted by atomic mass is 16.7. The maximum absolute atomic E-state index is 14.4. The summed E-state index contributed by atoms with van der Waals surface area (Å²) in [5.41, 5.74) is -4.67. The molecule has 2 heterocycles. The third kappa shape index (κ3) is 11.1. The first-order valence-electron chi connectivity index (χ1n) is 21.2. The lowest BCUT2D eigenvalue weighted by atomic mass is 9.46. The standard InChI is InChI=1S/C42H62O12.6CH4/c1-3-30(35(44)54-42-21-29-15-38(23-42,22-40(48,18-29)25-42)37(46)52-33-9-5-7-11-50-33)14-31(12-26(2)34(43)51-32-8-4-6-10-49-32)36(45)53-41-19-27-13-28(20-41)17-39(47,16-27)24-41;;;;;;/h26-33,47-48H,3-25H2,1-2H3;6*1H4. The smallest absolute Gasteiger partial charge is 0.314 e. The highest BCUT2D eigenvalue weighted by Gasteiger charge is 2.68. The summed E-state index contributed by atoms with van der Waals surface area (Å²) in [5, 5.41) is 23.2. The lowest BCUT2D eigenvalue weighted by Crippen LogP contribution is -2.66. The molecule has 10 aliphatic rings. The van der Waals surface area contributed by atoms with E-state index in [1.54, 1.807) is 6.92 Å². The molecule has 0 aromatic rings. The van der Waals surface area contributed by atoms with Crippen LogP contribution in [0.2, 0.25) is 0 Å². The fourth-order valence-electron chi connectivity index (χ4n) is 13.2. The molecule has 0 radical (unpaired) electrons. The molecule has 12 nitrogen and oxygen atoms in total. The number of hydrogen-bond acceptors (Lipinski definition) is 12. The molecule has 11 atom stereocenters. The Balaban J connectivity index is 0.00000207. The van der Waals surface area contributed by atoms with E-state index in [4.69, 9.17) is 28.4 Å². The van der Waals surface area contributed by atoms with Gasteiger partial charge >= 0.3 is 23.9 Å². The molecule has 2 N–H and O–H groups in total. The Kier molecular flexibility index (Phi) is 18.4. The van der Waals surface area contributed by atoms with Crippen molar-refractivity contribution in [2.45, 2.75) is 228 Å². The molecule has 12 heteroatoms. The highest BCUT2D eigenvalue weighted by Crippen LogP contribution is 2.65. The molecule has 350 valence electrons. The lowest BCUT2D eigenvalue weighted by Gasteiger charge is -2.62. The highest BCUT2D eigenvalue weighted by molar-refractivity contribution is 5.80. The normalized spacial score (nSPS) is 39.2. The zero-order valence-electron chi connectivity index (χ0n) is 32.4. The number of aliphatic hydroxyl groups is 2. The van der Waals surface area contributed by atoms with Gasteiger partial charge in [0.15, 0.2) is 0 Å². The van der Waals surface area contributed by atoms with Gasteiger partial charge in [-0.2, -0.15) is 0 Å². The van der Waals surface area contributed by atoms with Crippen molar-refractivity contribution in [2.75, 3.05) is 13.2 Å². The molecule has 10 rings (SSSR count). The summed E-state index contributed by atoms with van der Waals surface area (Å²) < 4.78 is 35.9. The van der Waals surface area contributed by atoms with Gasteiger partial charge in [-0.3, -0.25) is 19.2 Å². The minimum atomic E-state index is -1.14. The molecule has 0 amide bonds. The Morgan fingerprint density at radius 3 is 1.68 bits per heavy atom. The van der Waals surface area contributed by atoms with Crippen LogP contribution >= 0.6 is 0 Å². The average molecular weight is 855 g/mol. The summed E-state index contributed by atoms with van der Waals surface area (Å²) >= 11 is 0. The van der Waals surface area contributed by atoms with Crippen LogP contribution in [0.15, 0.2) is 0 Å². The van der Waals surface area contributed by atoms with Gasteiger partial charge in [-0.25, -0.2) is 0 Å². The Hall–Kier alpha value is -2.28. The van der Waals surface area contributed by atoms with Crippen molar-refractivity contribution in [1.29, 1.82) is 0 Å². The van der Waals surface area contributed by atoms with Crippen molar-refractivity contribution in [1.82, 2.24) is 0 Å². The number of carbonyl (C=O) groups is 4. The van der Waals surface area contributed by atoms with Crippen LogP contribution in [-0.2, 0) is 47.6 Å². The van der Waals surface area contributed by atoms with Crippen molar-refractivity contribution < 1.29 is 57.8 Å². The summed E-state index contributed by atoms with van der Waals surface area (Å²) in [4.78, 5) is 55.8. The maximum atomic E-state index is 14.4. The third-order valence-corrected chi connectivity index (χ3v) is 14.6. The van der Waals surface area contributed by atoms with Gasteiger partial charge < -0.3 is 38.6 Å². The van der Waals surface area contributed by atoms with E-state index in [1.807, 2.05) is 6.92 Å². The number of ether oxygens (including phenoxy) is 6. The summed E-state index contributed by atoms with van der Waals surface area (Å²) in [6.07, 6.45) is 11.4. The Morgan fingerprint density at radius 1 is 0.600 bits per heavy atom. The second-order valence-electron chi connectivity index (χ2n) is 19.5. The number of carbonyl (C=O) groups excluding carboxylic acids is 4. The number of rotatable bonds is 13. The second-order valence-corrected chi connectivity index (χ2v) is 19.5. The molecule has 0 spiro atoms. The van der Waals surface area contributed by atoms with Crippen molar-refractivity contribution in [2.24, 2.45) is 40.9 Å². The van der Waals surface area contributed by atoms with Crippen LogP contribution in [-0.4, -0.2) is 82.3 Å². The molecular formula is C48H86O12. The first-order chi connectivity index (χ1) is 25.7. The summed E-state index contributed by atoms with van der Waals surface area (Å²) in [6.45, 7) is 4.71. The molecule has 60 heavy (non-hydrogen) atoms. The molecule has 11 unspecified atom stereocenters. The molecule has 8 bridgehead atoms. The Labute approximate surface area is 363 Å². The molecule has 10 fully saturated rings. The van der Waals surface area contributed by atoms with Gasteiger partial charge in [-0.05, 0) is 120 Å². The summed E-state index contributed by atoms with van der Waals surface area (Å²) in [6, 6.07) is 0. The Bertz CT molecular complexity index is 1440. The first kappa shape index (κ1) is 53.9. The van der Waals surface area contributed by atoms with Gasteiger partial charge in [0, 0.05) is 32.1 Å². The second kappa shape index (κ2) is 20.5. The van der Waals surface area contributed by atoms with Crippen LogP contribution in [0.1, 0.15) is 193 Å². The SMILES string of the molecule is C.C.C.C.C.C.CCC(CC(CC(C)C(=O)OC1CCCCO1)C(=O)OC12CC3CC(CC(O)(C3)C1)C2)C(=O)OC12CC3CC(O)(C1)CC(C(=O)OC1CCCCO1)(C3)C2. The minimum Gasteiger partial charge on any atom is -0.459 e. The van der Waals surface area contributed by atoms with Crippen molar-refractivity contribution in [3.8, 4) is 0 Å². The van der Waals surface area contributed by atoms with Gasteiger partial charge in [-0.1, -0.05) is 58.4 Å². The zero-order valence-corrected chi connectivity index (χ0v) is 32.4. The van der Waals surface area contributed by atoms with E-state index in [1.165, 1.54) is 0 Å². The van der Waals surface area contributed by atoms with Gasteiger partial charge in [-0.15, -0.1) is 0 Å². The zero-order chi connectivity index (χ0) is 37.9. The molecule has 8 aliphatic carbocycles. The van der Waals surface area contributed by atoms with Gasteiger partial charge in [0.25, 0.3) is 0 Å². The van der Waals surface area contributed by atoms with E-state index in [2.05, 4.69) is 0 Å². The third-order valence-electron chi connectivity index (χ3n) is 14.6. The van der Waals surface area contributed by atoms with E-state index in [9.17, 15) is 29.4 Å². The largest absolute Gasteiger partial charge is 0.459 e. The lowest BCUT2D eigenvalue weighted by molar-refractivity contribution is -0.257.